The molecule has 0 unspecified atom stereocenters. The van der Waals surface area contributed by atoms with Crippen LogP contribution < -0.4 is 0 Å². The molecule has 0 spiro atoms. The van der Waals surface area contributed by atoms with Gasteiger partial charge < -0.3 is 9.16 Å². The van der Waals surface area contributed by atoms with E-state index < -0.39 is 35.3 Å². The van der Waals surface area contributed by atoms with Crippen molar-refractivity contribution in [3.05, 3.63) is 66.2 Å². The molecule has 3 atom stereocenters. The van der Waals surface area contributed by atoms with E-state index in [1.807, 2.05) is 36.4 Å². The SMILES string of the molecule is CCC[C@H](O[Si](C(C)C)(C(C)C)C(C)C)[C@@]1(S(=O)(=O)c2ccccc2)O[C@H]1c1ccccc1. The van der Waals surface area contributed by atoms with Crippen molar-refractivity contribution in [2.75, 3.05) is 0 Å². The van der Waals surface area contributed by atoms with Crippen LogP contribution >= 0.6 is 0 Å². The summed E-state index contributed by atoms with van der Waals surface area (Å²) in [5, 5.41) is 0. The van der Waals surface area contributed by atoms with Gasteiger partial charge in [-0.3, -0.25) is 0 Å². The molecule has 182 valence electrons. The van der Waals surface area contributed by atoms with Gasteiger partial charge in [0.05, 0.1) is 11.0 Å². The van der Waals surface area contributed by atoms with Crippen molar-refractivity contribution in [3.63, 3.8) is 0 Å². The first kappa shape index (κ1) is 26.1. The average molecular weight is 489 g/mol. The van der Waals surface area contributed by atoms with Crippen LogP contribution in [0.4, 0.5) is 0 Å². The second-order valence-electron chi connectivity index (χ2n) is 10.2. The molecule has 0 saturated carbocycles. The highest BCUT2D eigenvalue weighted by Gasteiger charge is 2.72. The highest BCUT2D eigenvalue weighted by Crippen LogP contribution is 2.60. The van der Waals surface area contributed by atoms with Gasteiger partial charge in [0.15, 0.2) is 0 Å². The minimum atomic E-state index is -3.82. The van der Waals surface area contributed by atoms with E-state index in [1.54, 1.807) is 24.3 Å². The number of ether oxygens (including phenoxy) is 1. The van der Waals surface area contributed by atoms with Gasteiger partial charge in [0.1, 0.15) is 6.10 Å². The molecule has 0 aromatic heterocycles. The van der Waals surface area contributed by atoms with E-state index in [0.717, 1.165) is 12.0 Å². The fourth-order valence-electron chi connectivity index (χ4n) is 5.74. The Morgan fingerprint density at radius 1 is 0.879 bits per heavy atom. The third-order valence-corrected chi connectivity index (χ3v) is 15.7. The molecule has 3 rings (SSSR count). The molecule has 4 nitrogen and oxygen atoms in total. The van der Waals surface area contributed by atoms with Gasteiger partial charge in [-0.2, -0.15) is 0 Å². The summed E-state index contributed by atoms with van der Waals surface area (Å²) in [4.78, 5) is -1.12. The van der Waals surface area contributed by atoms with Gasteiger partial charge in [-0.05, 0) is 40.7 Å². The Bertz CT molecular complexity index is 983. The zero-order valence-electron chi connectivity index (χ0n) is 21.1. The highest BCUT2D eigenvalue weighted by molar-refractivity contribution is 7.93. The lowest BCUT2D eigenvalue weighted by Crippen LogP contribution is -2.54. The van der Waals surface area contributed by atoms with Crippen LogP contribution in [0.25, 0.3) is 0 Å². The monoisotopic (exact) mass is 488 g/mol. The topological polar surface area (TPSA) is 55.9 Å². The van der Waals surface area contributed by atoms with E-state index in [2.05, 4.69) is 48.5 Å². The molecule has 0 N–H and O–H groups in total. The van der Waals surface area contributed by atoms with E-state index in [-0.39, 0.29) is 0 Å². The van der Waals surface area contributed by atoms with Gasteiger partial charge >= 0.3 is 0 Å². The first-order chi connectivity index (χ1) is 15.6. The van der Waals surface area contributed by atoms with Crippen molar-refractivity contribution in [1.82, 2.24) is 0 Å². The Morgan fingerprint density at radius 2 is 1.36 bits per heavy atom. The fourth-order valence-corrected chi connectivity index (χ4v) is 13.5. The molecule has 0 aliphatic carbocycles. The third kappa shape index (κ3) is 4.47. The van der Waals surface area contributed by atoms with E-state index in [9.17, 15) is 8.42 Å². The predicted octanol–water partition coefficient (Wildman–Crippen LogP) is 7.29. The number of hydrogen-bond donors (Lipinski definition) is 0. The summed E-state index contributed by atoms with van der Waals surface area (Å²) < 4.78 is 41.9. The maximum atomic E-state index is 14.2. The fraction of sp³-hybridized carbons (Fsp3) is 0.556. The maximum absolute atomic E-state index is 14.2. The largest absolute Gasteiger partial charge is 0.409 e. The van der Waals surface area contributed by atoms with Crippen LogP contribution in [0.5, 0.6) is 0 Å². The van der Waals surface area contributed by atoms with Crippen molar-refractivity contribution in [3.8, 4) is 0 Å². The summed E-state index contributed by atoms with van der Waals surface area (Å²) in [7, 11) is -6.17. The maximum Gasteiger partial charge on any atom is 0.229 e. The van der Waals surface area contributed by atoms with Crippen molar-refractivity contribution in [2.24, 2.45) is 0 Å². The molecule has 0 amide bonds. The summed E-state index contributed by atoms with van der Waals surface area (Å²) in [6, 6.07) is 18.4. The number of rotatable bonds is 11. The van der Waals surface area contributed by atoms with Crippen LogP contribution in [0.1, 0.15) is 73.0 Å². The summed E-state index contributed by atoms with van der Waals surface area (Å²) >= 11 is 0. The Balaban J connectivity index is 2.18. The number of epoxide rings is 1. The molecule has 1 fully saturated rings. The highest BCUT2D eigenvalue weighted by atomic mass is 32.2. The molecule has 0 bridgehead atoms. The Hall–Kier alpha value is -1.47. The van der Waals surface area contributed by atoms with Crippen LogP contribution in [0.3, 0.4) is 0 Å². The van der Waals surface area contributed by atoms with E-state index in [1.165, 1.54) is 0 Å². The average Bonchev–Trinajstić information content (AvgIpc) is 3.55. The minimum absolute atomic E-state index is 0.291. The molecule has 1 heterocycles. The number of sulfone groups is 1. The normalized spacial score (nSPS) is 22.2. The molecule has 1 aliphatic rings. The molecule has 6 heteroatoms. The zero-order valence-corrected chi connectivity index (χ0v) is 22.9. The summed E-state index contributed by atoms with van der Waals surface area (Å²) in [6.45, 7) is 15.5. The minimum Gasteiger partial charge on any atom is -0.409 e. The van der Waals surface area contributed by atoms with Gasteiger partial charge in [-0.15, -0.1) is 0 Å². The lowest BCUT2D eigenvalue weighted by atomic mass is 10.0. The van der Waals surface area contributed by atoms with Crippen LogP contribution in [0.2, 0.25) is 16.6 Å². The van der Waals surface area contributed by atoms with Crippen molar-refractivity contribution < 1.29 is 17.6 Å². The molecule has 1 saturated heterocycles. The van der Waals surface area contributed by atoms with Gasteiger partial charge in [0.25, 0.3) is 0 Å². The van der Waals surface area contributed by atoms with Crippen LogP contribution in [0, 0.1) is 0 Å². The molecular formula is C27H40O4SSi. The first-order valence-corrected chi connectivity index (χ1v) is 15.9. The molecule has 1 aliphatic heterocycles. The number of benzene rings is 2. The first-order valence-electron chi connectivity index (χ1n) is 12.3. The van der Waals surface area contributed by atoms with Crippen LogP contribution in [-0.2, 0) is 19.0 Å². The predicted molar refractivity (Wildman–Crippen MR) is 137 cm³/mol. The molecule has 0 radical (unpaired) electrons. The van der Waals surface area contributed by atoms with Gasteiger partial charge in [0.2, 0.25) is 23.1 Å². The second kappa shape index (κ2) is 10.0. The Morgan fingerprint density at radius 3 is 1.82 bits per heavy atom. The van der Waals surface area contributed by atoms with Crippen molar-refractivity contribution in [2.45, 2.75) is 100.0 Å². The lowest BCUT2D eigenvalue weighted by molar-refractivity contribution is 0.109. The van der Waals surface area contributed by atoms with E-state index >= 15 is 0 Å². The summed E-state index contributed by atoms with van der Waals surface area (Å²) in [5.41, 5.74) is 1.93. The smallest absolute Gasteiger partial charge is 0.229 e. The standard InChI is InChI=1S/C27H40O4SSi/c1-8-15-25(31-33(20(2)3,21(4)5)22(6)7)27(26(30-27)23-16-11-9-12-17-23)32(28,29)24-18-13-10-14-19-24/h9-14,16-22,25-26H,8,15H2,1-7H3/t25-,26-,27-/m0/s1. The molecule has 33 heavy (non-hydrogen) atoms. The van der Waals surface area contributed by atoms with Crippen LogP contribution in [-0.4, -0.2) is 27.8 Å². The summed E-state index contributed by atoms with van der Waals surface area (Å²) in [5.74, 6) is 0. The quantitative estimate of drug-likeness (QED) is 0.246. The molecular weight excluding hydrogens is 448 g/mol. The lowest BCUT2D eigenvalue weighted by Gasteiger charge is -2.45. The van der Waals surface area contributed by atoms with Crippen molar-refractivity contribution in [1.29, 1.82) is 0 Å². The van der Waals surface area contributed by atoms with Crippen LogP contribution in [0.15, 0.2) is 65.6 Å². The summed E-state index contributed by atoms with van der Waals surface area (Å²) in [6.07, 6.45) is 0.381. The van der Waals surface area contributed by atoms with E-state index in [0.29, 0.717) is 27.9 Å². The Kier molecular flexibility index (Phi) is 7.94. The number of hydrogen-bond acceptors (Lipinski definition) is 4. The second-order valence-corrected chi connectivity index (χ2v) is 17.7. The zero-order chi connectivity index (χ0) is 24.4. The van der Waals surface area contributed by atoms with Crippen molar-refractivity contribution >= 4 is 18.2 Å². The van der Waals surface area contributed by atoms with E-state index in [4.69, 9.17) is 9.16 Å². The van der Waals surface area contributed by atoms with Gasteiger partial charge in [0, 0.05) is 0 Å². The van der Waals surface area contributed by atoms with Gasteiger partial charge in [-0.25, -0.2) is 8.42 Å². The van der Waals surface area contributed by atoms with Gasteiger partial charge in [-0.1, -0.05) is 103 Å². The molecule has 2 aromatic carbocycles. The molecule has 2 aromatic rings. The third-order valence-electron chi connectivity index (χ3n) is 7.24. The Labute approximate surface area is 201 Å².